The quantitative estimate of drug-likeness (QED) is 0.335. The van der Waals surface area contributed by atoms with E-state index in [-0.39, 0.29) is 17.7 Å². The van der Waals surface area contributed by atoms with Crippen LogP contribution in [0.3, 0.4) is 0 Å². The molecule has 5 aromatic rings. The maximum absolute atomic E-state index is 12.6. The fraction of sp³-hybridized carbons (Fsp3) is 0.0800. The van der Waals surface area contributed by atoms with Crippen LogP contribution in [0.1, 0.15) is 5.56 Å². The van der Waals surface area contributed by atoms with Gasteiger partial charge in [0.2, 0.25) is 11.8 Å². The number of carbonyl (C=O) groups is 1. The topological polar surface area (TPSA) is 98.7 Å². The molecule has 1 amide bonds. The second-order valence-corrected chi connectivity index (χ2v) is 8.40. The smallest absolute Gasteiger partial charge is 0.322 e. The number of thioether (sulfide) groups is 1. The number of carbonyl (C=O) groups excluding carboxylic acids is 1. The zero-order valence-corrected chi connectivity index (χ0v) is 19.1. The molecule has 0 radical (unpaired) electrons. The van der Waals surface area contributed by atoms with Gasteiger partial charge < -0.3 is 4.42 Å². The van der Waals surface area contributed by atoms with Crippen molar-refractivity contribution in [2.45, 2.75) is 12.1 Å². The Kier molecular flexibility index (Phi) is 6.17. The first kappa shape index (κ1) is 21.6. The zero-order chi connectivity index (χ0) is 23.3. The average molecular weight is 469 g/mol. The summed E-state index contributed by atoms with van der Waals surface area (Å²) in [5, 5.41) is 19.9. The number of nitrogens with one attached hydrogen (secondary N) is 1. The number of amides is 1. The summed E-state index contributed by atoms with van der Waals surface area (Å²) in [5.41, 5.74) is 3.79. The monoisotopic (exact) mass is 468 g/mol. The van der Waals surface area contributed by atoms with Crippen molar-refractivity contribution in [1.29, 1.82) is 0 Å². The summed E-state index contributed by atoms with van der Waals surface area (Å²) in [6, 6.07) is 27.3. The van der Waals surface area contributed by atoms with E-state index < -0.39 is 0 Å². The highest BCUT2D eigenvalue weighted by Gasteiger charge is 2.18. The van der Waals surface area contributed by atoms with Gasteiger partial charge in [-0.2, -0.15) is 0 Å². The van der Waals surface area contributed by atoms with Crippen molar-refractivity contribution in [3.05, 3.63) is 90.5 Å². The number of nitrogens with zero attached hydrogens (tertiary/aromatic N) is 5. The first-order chi connectivity index (χ1) is 16.7. The Bertz CT molecular complexity index is 1400. The number of rotatable bonds is 7. The second-order valence-electron chi connectivity index (χ2n) is 7.46. The Morgan fingerprint density at radius 2 is 1.53 bits per heavy atom. The van der Waals surface area contributed by atoms with E-state index in [4.69, 9.17) is 4.42 Å². The molecule has 2 aromatic heterocycles. The average Bonchev–Trinajstić information content (AvgIpc) is 3.52. The zero-order valence-electron chi connectivity index (χ0n) is 18.3. The van der Waals surface area contributed by atoms with Crippen molar-refractivity contribution >= 4 is 23.7 Å². The summed E-state index contributed by atoms with van der Waals surface area (Å²) in [5.74, 6) is 0.863. The van der Waals surface area contributed by atoms with E-state index in [9.17, 15) is 4.79 Å². The van der Waals surface area contributed by atoms with Crippen LogP contribution < -0.4 is 5.32 Å². The van der Waals surface area contributed by atoms with E-state index in [1.807, 2.05) is 96.4 Å². The van der Waals surface area contributed by atoms with E-state index in [1.54, 1.807) is 0 Å². The van der Waals surface area contributed by atoms with Gasteiger partial charge in [0.15, 0.2) is 11.0 Å². The minimum Gasteiger partial charge on any atom is -0.403 e. The van der Waals surface area contributed by atoms with Crippen molar-refractivity contribution in [2.24, 2.45) is 0 Å². The molecular formula is C25H20N6O2S. The van der Waals surface area contributed by atoms with Gasteiger partial charge in [-0.1, -0.05) is 83.1 Å². The van der Waals surface area contributed by atoms with Gasteiger partial charge in [-0.25, -0.2) is 0 Å². The van der Waals surface area contributed by atoms with Crippen LogP contribution >= 0.6 is 11.8 Å². The summed E-state index contributed by atoms with van der Waals surface area (Å²) in [6.45, 7) is 2.04. The SMILES string of the molecule is Cc1ccc(-n2c(SCC(=O)Nc3nnc(-c4ccccc4)o3)nnc2-c2ccccc2)cc1. The number of hydrogen-bond acceptors (Lipinski definition) is 7. The lowest BCUT2D eigenvalue weighted by molar-refractivity contribution is -0.113. The molecule has 2 heterocycles. The first-order valence-corrected chi connectivity index (χ1v) is 11.6. The molecule has 0 aliphatic carbocycles. The van der Waals surface area contributed by atoms with Crippen LogP contribution in [0.4, 0.5) is 6.01 Å². The molecule has 0 saturated heterocycles. The standard InChI is InChI=1S/C25H20N6O2S/c1-17-12-14-20(15-13-17)31-22(18-8-4-2-5-9-18)27-30-25(31)34-16-21(32)26-24-29-28-23(33-24)19-10-6-3-7-11-19/h2-15H,16H2,1H3,(H,26,29,32). The Balaban J connectivity index is 1.33. The van der Waals surface area contributed by atoms with Crippen molar-refractivity contribution in [3.63, 3.8) is 0 Å². The van der Waals surface area contributed by atoms with Crippen LogP contribution in [-0.4, -0.2) is 36.6 Å². The van der Waals surface area contributed by atoms with E-state index in [2.05, 4.69) is 25.7 Å². The fourth-order valence-corrected chi connectivity index (χ4v) is 4.07. The summed E-state index contributed by atoms with van der Waals surface area (Å²) >= 11 is 1.28. The fourth-order valence-electron chi connectivity index (χ4n) is 3.32. The van der Waals surface area contributed by atoms with E-state index in [0.29, 0.717) is 16.9 Å². The lowest BCUT2D eigenvalue weighted by Crippen LogP contribution is -2.14. The normalized spacial score (nSPS) is 10.9. The third-order valence-electron chi connectivity index (χ3n) is 4.98. The largest absolute Gasteiger partial charge is 0.403 e. The third kappa shape index (κ3) is 4.74. The number of benzene rings is 3. The number of hydrogen-bond donors (Lipinski definition) is 1. The van der Waals surface area contributed by atoms with Crippen molar-refractivity contribution in [1.82, 2.24) is 25.0 Å². The highest BCUT2D eigenvalue weighted by molar-refractivity contribution is 7.99. The molecule has 1 N–H and O–H groups in total. The number of anilines is 1. The van der Waals surface area contributed by atoms with Crippen LogP contribution in [0.5, 0.6) is 0 Å². The lowest BCUT2D eigenvalue weighted by atomic mass is 10.2. The highest BCUT2D eigenvalue weighted by Crippen LogP contribution is 2.28. The maximum atomic E-state index is 12.6. The molecular weight excluding hydrogens is 448 g/mol. The Hall–Kier alpha value is -4.24. The Morgan fingerprint density at radius 3 is 2.24 bits per heavy atom. The molecule has 3 aromatic carbocycles. The molecule has 0 bridgehead atoms. The molecule has 8 nitrogen and oxygen atoms in total. The predicted octanol–water partition coefficient (Wildman–Crippen LogP) is 5.02. The van der Waals surface area contributed by atoms with Gasteiger partial charge in [-0.3, -0.25) is 14.7 Å². The summed E-state index contributed by atoms with van der Waals surface area (Å²) in [6.07, 6.45) is 0. The summed E-state index contributed by atoms with van der Waals surface area (Å²) < 4.78 is 7.51. The van der Waals surface area contributed by atoms with Crippen LogP contribution in [0.15, 0.2) is 94.5 Å². The minimum absolute atomic E-state index is 0.0504. The Morgan fingerprint density at radius 1 is 0.853 bits per heavy atom. The summed E-state index contributed by atoms with van der Waals surface area (Å²) in [4.78, 5) is 12.6. The molecule has 0 unspecified atom stereocenters. The molecule has 168 valence electrons. The molecule has 0 fully saturated rings. The molecule has 0 aliphatic rings. The van der Waals surface area contributed by atoms with Crippen molar-refractivity contribution in [3.8, 4) is 28.5 Å². The number of aromatic nitrogens is 5. The predicted molar refractivity (Wildman–Crippen MR) is 131 cm³/mol. The van der Waals surface area contributed by atoms with Gasteiger partial charge >= 0.3 is 6.01 Å². The highest BCUT2D eigenvalue weighted by atomic mass is 32.2. The molecule has 0 spiro atoms. The second kappa shape index (κ2) is 9.72. The van der Waals surface area contributed by atoms with Crippen LogP contribution in [0, 0.1) is 6.92 Å². The third-order valence-corrected chi connectivity index (χ3v) is 5.91. The van der Waals surface area contributed by atoms with Crippen LogP contribution in [0.2, 0.25) is 0 Å². The van der Waals surface area contributed by atoms with Crippen LogP contribution in [-0.2, 0) is 4.79 Å². The molecule has 0 aliphatic heterocycles. The van der Waals surface area contributed by atoms with Gasteiger partial charge in [0.1, 0.15) is 0 Å². The molecule has 9 heteroatoms. The molecule has 5 rings (SSSR count). The van der Waals surface area contributed by atoms with Crippen molar-refractivity contribution < 1.29 is 9.21 Å². The van der Waals surface area contributed by atoms with Gasteiger partial charge in [0, 0.05) is 16.8 Å². The van der Waals surface area contributed by atoms with E-state index in [0.717, 1.165) is 22.4 Å². The van der Waals surface area contributed by atoms with Crippen LogP contribution in [0.25, 0.3) is 28.5 Å². The van der Waals surface area contributed by atoms with E-state index >= 15 is 0 Å². The maximum Gasteiger partial charge on any atom is 0.322 e. The van der Waals surface area contributed by atoms with Gasteiger partial charge in [0.25, 0.3) is 0 Å². The summed E-state index contributed by atoms with van der Waals surface area (Å²) in [7, 11) is 0. The van der Waals surface area contributed by atoms with Gasteiger partial charge in [0.05, 0.1) is 5.75 Å². The first-order valence-electron chi connectivity index (χ1n) is 10.6. The minimum atomic E-state index is -0.284. The lowest BCUT2D eigenvalue weighted by Gasteiger charge is -2.10. The molecule has 0 saturated carbocycles. The van der Waals surface area contributed by atoms with Crippen molar-refractivity contribution in [2.75, 3.05) is 11.1 Å². The molecule has 34 heavy (non-hydrogen) atoms. The van der Waals surface area contributed by atoms with E-state index in [1.165, 1.54) is 11.8 Å². The molecule has 0 atom stereocenters. The number of aryl methyl sites for hydroxylation is 1. The Labute approximate surface area is 200 Å². The van der Waals surface area contributed by atoms with Gasteiger partial charge in [-0.05, 0) is 31.2 Å². The van der Waals surface area contributed by atoms with Gasteiger partial charge in [-0.15, -0.1) is 15.3 Å².